The van der Waals surface area contributed by atoms with Crippen LogP contribution in [0, 0.1) is 17.8 Å². The Kier molecular flexibility index (Phi) is 4.27. The van der Waals surface area contributed by atoms with Gasteiger partial charge < -0.3 is 5.32 Å². The highest BCUT2D eigenvalue weighted by molar-refractivity contribution is 7.89. The first-order chi connectivity index (χ1) is 8.44. The van der Waals surface area contributed by atoms with Crippen LogP contribution in [0.4, 0.5) is 0 Å². The van der Waals surface area contributed by atoms with E-state index in [-0.39, 0.29) is 11.7 Å². The molecule has 3 atom stereocenters. The van der Waals surface area contributed by atoms with Crippen LogP contribution in [-0.4, -0.2) is 26.6 Å². The second kappa shape index (κ2) is 5.57. The highest BCUT2D eigenvalue weighted by atomic mass is 32.2. The Hall–Kier alpha value is -0.620. The molecule has 2 saturated carbocycles. The fourth-order valence-corrected chi connectivity index (χ4v) is 3.98. The zero-order valence-electron chi connectivity index (χ0n) is 10.6. The number of nitrogens with one attached hydrogen (secondary N) is 1. The minimum absolute atomic E-state index is 0.0574. The number of primary sulfonamides is 1. The Morgan fingerprint density at radius 3 is 2.61 bits per heavy atom. The van der Waals surface area contributed by atoms with Crippen molar-refractivity contribution in [2.45, 2.75) is 38.5 Å². The van der Waals surface area contributed by atoms with E-state index in [2.05, 4.69) is 5.32 Å². The second-order valence-electron chi connectivity index (χ2n) is 5.71. The van der Waals surface area contributed by atoms with Gasteiger partial charge in [-0.1, -0.05) is 6.42 Å². The lowest BCUT2D eigenvalue weighted by Gasteiger charge is -2.20. The van der Waals surface area contributed by atoms with E-state index in [4.69, 9.17) is 5.14 Å². The van der Waals surface area contributed by atoms with Gasteiger partial charge in [-0.25, -0.2) is 13.6 Å². The van der Waals surface area contributed by atoms with Gasteiger partial charge in [-0.3, -0.25) is 4.79 Å². The van der Waals surface area contributed by atoms with E-state index >= 15 is 0 Å². The van der Waals surface area contributed by atoms with Gasteiger partial charge in [0, 0.05) is 13.0 Å². The minimum atomic E-state index is -3.40. The molecule has 3 unspecified atom stereocenters. The molecule has 2 rings (SSSR count). The predicted molar refractivity (Wildman–Crippen MR) is 69.2 cm³/mol. The van der Waals surface area contributed by atoms with Crippen molar-refractivity contribution in [2.75, 3.05) is 12.3 Å². The summed E-state index contributed by atoms with van der Waals surface area (Å²) in [6, 6.07) is 0. The van der Waals surface area contributed by atoms with Crippen LogP contribution in [0.25, 0.3) is 0 Å². The fourth-order valence-electron chi connectivity index (χ4n) is 3.44. The number of hydrogen-bond acceptors (Lipinski definition) is 3. The summed E-state index contributed by atoms with van der Waals surface area (Å²) in [7, 11) is -3.40. The van der Waals surface area contributed by atoms with Crippen molar-refractivity contribution >= 4 is 15.9 Å². The van der Waals surface area contributed by atoms with Crippen LogP contribution in [0.15, 0.2) is 0 Å². The summed E-state index contributed by atoms with van der Waals surface area (Å²) in [4.78, 5) is 11.7. The van der Waals surface area contributed by atoms with Crippen LogP contribution in [0.2, 0.25) is 0 Å². The van der Waals surface area contributed by atoms with Crippen LogP contribution in [0.1, 0.15) is 38.5 Å². The maximum Gasteiger partial charge on any atom is 0.220 e. The fraction of sp³-hybridized carbons (Fsp3) is 0.917. The third-order valence-electron chi connectivity index (χ3n) is 4.26. The molecule has 0 radical (unpaired) electrons. The molecule has 2 aliphatic rings. The maximum atomic E-state index is 11.7. The molecule has 1 amide bonds. The first kappa shape index (κ1) is 13.8. The summed E-state index contributed by atoms with van der Waals surface area (Å²) >= 11 is 0. The molecule has 104 valence electrons. The zero-order chi connectivity index (χ0) is 13.2. The predicted octanol–water partition coefficient (Wildman–Crippen LogP) is 0.607. The molecule has 3 N–H and O–H groups in total. The number of rotatable bonds is 6. The van der Waals surface area contributed by atoms with Crippen molar-refractivity contribution in [3.05, 3.63) is 0 Å². The number of carbonyl (C=O) groups is 1. The SMILES string of the molecule is NS(=O)(=O)CCCNC(=O)CC1CC2CCC1C2. The Morgan fingerprint density at radius 2 is 2.06 bits per heavy atom. The number of amides is 1. The molecular weight excluding hydrogens is 252 g/mol. The lowest BCUT2D eigenvalue weighted by molar-refractivity contribution is -0.122. The minimum Gasteiger partial charge on any atom is -0.356 e. The van der Waals surface area contributed by atoms with Crippen molar-refractivity contribution in [1.82, 2.24) is 5.32 Å². The number of fused-ring (bicyclic) bond motifs is 2. The molecule has 5 nitrogen and oxygen atoms in total. The molecule has 2 fully saturated rings. The average Bonchev–Trinajstić information content (AvgIpc) is 2.85. The number of hydrogen-bond donors (Lipinski definition) is 2. The molecule has 2 bridgehead atoms. The third kappa shape index (κ3) is 3.95. The summed E-state index contributed by atoms with van der Waals surface area (Å²) in [5, 5.41) is 7.67. The van der Waals surface area contributed by atoms with Gasteiger partial charge in [0.1, 0.15) is 0 Å². The molecule has 18 heavy (non-hydrogen) atoms. The van der Waals surface area contributed by atoms with E-state index < -0.39 is 10.0 Å². The number of carbonyl (C=O) groups excluding carboxylic acids is 1. The quantitative estimate of drug-likeness (QED) is 0.695. The Morgan fingerprint density at radius 1 is 1.28 bits per heavy atom. The summed E-state index contributed by atoms with van der Waals surface area (Å²) in [5.41, 5.74) is 0. The van der Waals surface area contributed by atoms with E-state index in [0.29, 0.717) is 25.3 Å². The maximum absolute atomic E-state index is 11.7. The highest BCUT2D eigenvalue weighted by Gasteiger charge is 2.39. The first-order valence-corrected chi connectivity index (χ1v) is 8.43. The summed E-state index contributed by atoms with van der Waals surface area (Å²) in [6.07, 6.45) is 6.14. The Labute approximate surface area is 109 Å². The van der Waals surface area contributed by atoms with Gasteiger partial charge >= 0.3 is 0 Å². The van der Waals surface area contributed by atoms with E-state index in [1.807, 2.05) is 0 Å². The van der Waals surface area contributed by atoms with Crippen LogP contribution in [-0.2, 0) is 14.8 Å². The lowest BCUT2D eigenvalue weighted by atomic mass is 9.86. The second-order valence-corrected chi connectivity index (χ2v) is 7.44. The van der Waals surface area contributed by atoms with Gasteiger partial charge in [-0.2, -0.15) is 0 Å². The third-order valence-corrected chi connectivity index (χ3v) is 5.12. The van der Waals surface area contributed by atoms with Crippen LogP contribution < -0.4 is 10.5 Å². The summed E-state index contributed by atoms with van der Waals surface area (Å²) in [5.74, 6) is 2.16. The monoisotopic (exact) mass is 274 g/mol. The van der Waals surface area contributed by atoms with Gasteiger partial charge in [0.25, 0.3) is 0 Å². The van der Waals surface area contributed by atoms with Gasteiger partial charge in [0.2, 0.25) is 15.9 Å². The molecule has 0 aromatic heterocycles. The van der Waals surface area contributed by atoms with Crippen LogP contribution in [0.3, 0.4) is 0 Å². The van der Waals surface area contributed by atoms with Gasteiger partial charge in [0.15, 0.2) is 0 Å². The molecule has 6 heteroatoms. The van der Waals surface area contributed by atoms with Crippen molar-refractivity contribution in [3.63, 3.8) is 0 Å². The largest absolute Gasteiger partial charge is 0.356 e. The summed E-state index contributed by atoms with van der Waals surface area (Å²) < 4.78 is 21.4. The summed E-state index contributed by atoms with van der Waals surface area (Å²) in [6.45, 7) is 0.399. The average molecular weight is 274 g/mol. The molecule has 2 aliphatic carbocycles. The van der Waals surface area contributed by atoms with E-state index in [9.17, 15) is 13.2 Å². The molecule has 0 aliphatic heterocycles. The normalized spacial score (nSPS) is 30.6. The van der Waals surface area contributed by atoms with Gasteiger partial charge in [0.05, 0.1) is 5.75 Å². The van der Waals surface area contributed by atoms with Crippen LogP contribution >= 0.6 is 0 Å². The molecule has 0 aromatic carbocycles. The topological polar surface area (TPSA) is 89.3 Å². The van der Waals surface area contributed by atoms with Crippen molar-refractivity contribution in [3.8, 4) is 0 Å². The number of sulfonamides is 1. The van der Waals surface area contributed by atoms with Gasteiger partial charge in [-0.05, 0) is 43.4 Å². The smallest absolute Gasteiger partial charge is 0.220 e. The van der Waals surface area contributed by atoms with Crippen molar-refractivity contribution in [1.29, 1.82) is 0 Å². The standard InChI is InChI=1S/C12H22N2O3S/c13-18(16,17)5-1-4-14-12(15)8-11-7-9-2-3-10(11)6-9/h9-11H,1-8H2,(H,14,15)(H2,13,16,17). The molecule has 0 spiro atoms. The Bertz CT molecular complexity index is 408. The highest BCUT2D eigenvalue weighted by Crippen LogP contribution is 2.49. The molecule has 0 heterocycles. The van der Waals surface area contributed by atoms with Gasteiger partial charge in [-0.15, -0.1) is 0 Å². The van der Waals surface area contributed by atoms with Crippen molar-refractivity contribution < 1.29 is 13.2 Å². The molecule has 0 saturated heterocycles. The zero-order valence-corrected chi connectivity index (χ0v) is 11.4. The van der Waals surface area contributed by atoms with E-state index in [1.165, 1.54) is 25.7 Å². The lowest BCUT2D eigenvalue weighted by Crippen LogP contribution is -2.29. The van der Waals surface area contributed by atoms with Crippen LogP contribution in [0.5, 0.6) is 0 Å². The Balaban J connectivity index is 1.61. The van der Waals surface area contributed by atoms with E-state index in [1.54, 1.807) is 0 Å². The first-order valence-electron chi connectivity index (χ1n) is 6.71. The molecular formula is C12H22N2O3S. The van der Waals surface area contributed by atoms with Crippen molar-refractivity contribution in [2.24, 2.45) is 22.9 Å². The number of nitrogens with two attached hydrogens (primary N) is 1. The molecule has 0 aromatic rings. The van der Waals surface area contributed by atoms with E-state index in [0.717, 1.165) is 11.8 Å².